The molecule has 0 bridgehead atoms. The maximum absolute atomic E-state index is 6.20. The molecule has 1 aromatic heterocycles. The van der Waals surface area contributed by atoms with E-state index in [1.165, 1.54) is 31.2 Å². The molecule has 24 heavy (non-hydrogen) atoms. The molecule has 1 fully saturated rings. The van der Waals surface area contributed by atoms with Gasteiger partial charge in [0.05, 0.1) is 24.5 Å². The van der Waals surface area contributed by atoms with Crippen molar-refractivity contribution in [3.63, 3.8) is 0 Å². The Bertz CT molecular complexity index is 675. The Balaban J connectivity index is 1.63. The summed E-state index contributed by atoms with van der Waals surface area (Å²) in [6.45, 7) is 3.50. The predicted molar refractivity (Wildman–Crippen MR) is 94.4 cm³/mol. The van der Waals surface area contributed by atoms with E-state index >= 15 is 0 Å². The van der Waals surface area contributed by atoms with Gasteiger partial charge in [0.25, 0.3) is 0 Å². The lowest BCUT2D eigenvalue weighted by Crippen LogP contribution is -2.17. The van der Waals surface area contributed by atoms with Crippen molar-refractivity contribution in [3.05, 3.63) is 41.1 Å². The quantitative estimate of drug-likeness (QED) is 0.846. The Kier molecular flexibility index (Phi) is 5.41. The number of aromatic nitrogens is 2. The van der Waals surface area contributed by atoms with E-state index in [2.05, 4.69) is 28.6 Å². The van der Waals surface area contributed by atoms with E-state index < -0.39 is 0 Å². The summed E-state index contributed by atoms with van der Waals surface area (Å²) < 4.78 is 13.4. The van der Waals surface area contributed by atoms with Gasteiger partial charge in [-0.3, -0.25) is 0 Å². The number of para-hydroxylation sites is 1. The Morgan fingerprint density at radius 1 is 1.21 bits per heavy atom. The van der Waals surface area contributed by atoms with E-state index in [1.54, 1.807) is 11.8 Å². The molecule has 0 radical (unpaired) electrons. The fourth-order valence-electron chi connectivity index (χ4n) is 3.41. The number of benzene rings is 1. The number of hydrogen-bond donors (Lipinski definition) is 1. The molecular weight excluding hydrogens is 302 g/mol. The zero-order chi connectivity index (χ0) is 16.9. The average molecular weight is 329 g/mol. The van der Waals surface area contributed by atoms with Crippen LogP contribution in [-0.4, -0.2) is 23.0 Å². The summed E-state index contributed by atoms with van der Waals surface area (Å²) in [5.41, 5.74) is 3.30. The van der Waals surface area contributed by atoms with Gasteiger partial charge >= 0.3 is 0 Å². The first-order chi connectivity index (χ1) is 11.7. The van der Waals surface area contributed by atoms with Crippen molar-refractivity contribution >= 4 is 0 Å². The van der Waals surface area contributed by atoms with Gasteiger partial charge in [-0.2, -0.15) is 5.10 Å². The van der Waals surface area contributed by atoms with E-state index in [0.717, 1.165) is 36.0 Å². The van der Waals surface area contributed by atoms with Crippen molar-refractivity contribution < 1.29 is 9.47 Å². The summed E-state index contributed by atoms with van der Waals surface area (Å²) in [4.78, 5) is 0. The number of rotatable bonds is 7. The Morgan fingerprint density at radius 3 is 2.71 bits per heavy atom. The van der Waals surface area contributed by atoms with Crippen molar-refractivity contribution in [2.75, 3.05) is 7.11 Å². The van der Waals surface area contributed by atoms with Gasteiger partial charge in [-0.1, -0.05) is 18.2 Å². The van der Waals surface area contributed by atoms with E-state index in [9.17, 15) is 0 Å². The van der Waals surface area contributed by atoms with Crippen LogP contribution < -0.4 is 14.8 Å². The standard InChI is InChI=1S/C19H27N3O2/c1-14-17(19(23-3)22(2)21-14)13-20-12-15-8-4-7-11-18(15)24-16-9-5-6-10-16/h4,7-8,11,16,20H,5-6,9-10,12-13H2,1-3H3. The summed E-state index contributed by atoms with van der Waals surface area (Å²) >= 11 is 0. The van der Waals surface area contributed by atoms with Crippen molar-refractivity contribution in [2.24, 2.45) is 7.05 Å². The van der Waals surface area contributed by atoms with Crippen molar-refractivity contribution in [2.45, 2.75) is 51.8 Å². The molecule has 1 aromatic carbocycles. The summed E-state index contributed by atoms with van der Waals surface area (Å²) in [7, 11) is 3.59. The largest absolute Gasteiger partial charge is 0.490 e. The summed E-state index contributed by atoms with van der Waals surface area (Å²) in [5, 5.41) is 7.92. The zero-order valence-corrected chi connectivity index (χ0v) is 14.8. The first kappa shape index (κ1) is 16.8. The average Bonchev–Trinajstić information content (AvgIpc) is 3.17. The van der Waals surface area contributed by atoms with Gasteiger partial charge in [0.2, 0.25) is 5.88 Å². The van der Waals surface area contributed by atoms with Crippen LogP contribution in [0.5, 0.6) is 11.6 Å². The molecule has 0 unspecified atom stereocenters. The molecule has 130 valence electrons. The lowest BCUT2D eigenvalue weighted by Gasteiger charge is -2.17. The molecule has 5 heteroatoms. The van der Waals surface area contributed by atoms with Crippen LogP contribution in [0.3, 0.4) is 0 Å². The van der Waals surface area contributed by atoms with Crippen molar-refractivity contribution in [3.8, 4) is 11.6 Å². The van der Waals surface area contributed by atoms with E-state index in [-0.39, 0.29) is 0 Å². The molecule has 1 heterocycles. The van der Waals surface area contributed by atoms with E-state index in [4.69, 9.17) is 9.47 Å². The summed E-state index contributed by atoms with van der Waals surface area (Å²) in [6.07, 6.45) is 5.30. The van der Waals surface area contributed by atoms with Crippen LogP contribution in [0.1, 0.15) is 42.5 Å². The minimum absolute atomic E-state index is 0.381. The normalized spacial score (nSPS) is 15.0. The lowest BCUT2D eigenvalue weighted by molar-refractivity contribution is 0.207. The van der Waals surface area contributed by atoms with Gasteiger partial charge < -0.3 is 14.8 Å². The fraction of sp³-hybridized carbons (Fsp3) is 0.526. The molecule has 5 nitrogen and oxygen atoms in total. The monoisotopic (exact) mass is 329 g/mol. The van der Waals surface area contributed by atoms with Crippen LogP contribution in [0.2, 0.25) is 0 Å². The Morgan fingerprint density at radius 2 is 1.96 bits per heavy atom. The van der Waals surface area contributed by atoms with Crippen LogP contribution >= 0.6 is 0 Å². The number of hydrogen-bond acceptors (Lipinski definition) is 4. The smallest absolute Gasteiger partial charge is 0.216 e. The third-order valence-corrected chi connectivity index (χ3v) is 4.67. The second-order valence-corrected chi connectivity index (χ2v) is 6.43. The molecule has 1 N–H and O–H groups in total. The van der Waals surface area contributed by atoms with Crippen LogP contribution in [0, 0.1) is 6.92 Å². The van der Waals surface area contributed by atoms with Gasteiger partial charge in [-0.15, -0.1) is 0 Å². The molecular formula is C19H27N3O2. The first-order valence-electron chi connectivity index (χ1n) is 8.70. The number of ether oxygens (including phenoxy) is 2. The highest BCUT2D eigenvalue weighted by molar-refractivity contribution is 5.34. The second-order valence-electron chi connectivity index (χ2n) is 6.43. The molecule has 0 amide bonds. The minimum atomic E-state index is 0.381. The SMILES string of the molecule is COc1c(CNCc2ccccc2OC2CCCC2)c(C)nn1C. The summed E-state index contributed by atoms with van der Waals surface area (Å²) in [6, 6.07) is 8.31. The van der Waals surface area contributed by atoms with Crippen molar-refractivity contribution in [1.82, 2.24) is 15.1 Å². The molecule has 2 aromatic rings. The topological polar surface area (TPSA) is 48.3 Å². The molecule has 0 atom stereocenters. The van der Waals surface area contributed by atoms with Crippen LogP contribution in [-0.2, 0) is 20.1 Å². The number of nitrogens with zero attached hydrogens (tertiary/aromatic N) is 2. The second kappa shape index (κ2) is 7.71. The zero-order valence-electron chi connectivity index (χ0n) is 14.8. The lowest BCUT2D eigenvalue weighted by atomic mass is 10.2. The van der Waals surface area contributed by atoms with Gasteiger partial charge in [-0.05, 0) is 38.7 Å². The highest BCUT2D eigenvalue weighted by Gasteiger charge is 2.18. The molecule has 1 aliphatic carbocycles. The molecule has 1 aliphatic rings. The maximum Gasteiger partial charge on any atom is 0.216 e. The van der Waals surface area contributed by atoms with E-state index in [1.807, 2.05) is 20.0 Å². The number of nitrogens with one attached hydrogen (secondary N) is 1. The van der Waals surface area contributed by atoms with Crippen LogP contribution in [0.25, 0.3) is 0 Å². The van der Waals surface area contributed by atoms with Gasteiger partial charge in [0, 0.05) is 25.7 Å². The predicted octanol–water partition coefficient (Wildman–Crippen LogP) is 3.35. The third-order valence-electron chi connectivity index (χ3n) is 4.67. The van der Waals surface area contributed by atoms with Crippen LogP contribution in [0.4, 0.5) is 0 Å². The van der Waals surface area contributed by atoms with E-state index in [0.29, 0.717) is 6.10 Å². The molecule has 0 spiro atoms. The van der Waals surface area contributed by atoms with Crippen LogP contribution in [0.15, 0.2) is 24.3 Å². The van der Waals surface area contributed by atoms with Gasteiger partial charge in [-0.25, -0.2) is 4.68 Å². The number of methoxy groups -OCH3 is 1. The molecule has 1 saturated carbocycles. The minimum Gasteiger partial charge on any atom is -0.490 e. The Labute approximate surface area is 144 Å². The highest BCUT2D eigenvalue weighted by atomic mass is 16.5. The highest BCUT2D eigenvalue weighted by Crippen LogP contribution is 2.27. The summed E-state index contributed by atoms with van der Waals surface area (Å²) in [5.74, 6) is 1.82. The number of aryl methyl sites for hydroxylation is 2. The van der Waals surface area contributed by atoms with Gasteiger partial charge in [0.15, 0.2) is 0 Å². The van der Waals surface area contributed by atoms with Crippen molar-refractivity contribution in [1.29, 1.82) is 0 Å². The maximum atomic E-state index is 6.20. The fourth-order valence-corrected chi connectivity index (χ4v) is 3.41. The molecule has 3 rings (SSSR count). The Hall–Kier alpha value is -2.01. The molecule has 0 saturated heterocycles. The molecule has 0 aliphatic heterocycles. The third kappa shape index (κ3) is 3.73. The first-order valence-corrected chi connectivity index (χ1v) is 8.70. The van der Waals surface area contributed by atoms with Gasteiger partial charge in [0.1, 0.15) is 5.75 Å².